The molecular formula is C10H16N4. The molecule has 2 aliphatic carbocycles. The minimum absolute atomic E-state index is 0.663. The van der Waals surface area contributed by atoms with E-state index in [0.29, 0.717) is 5.92 Å². The van der Waals surface area contributed by atoms with Crippen molar-refractivity contribution >= 4 is 0 Å². The summed E-state index contributed by atoms with van der Waals surface area (Å²) < 4.78 is 1.92. The molecule has 0 saturated heterocycles. The third kappa shape index (κ3) is 1.66. The zero-order valence-electron chi connectivity index (χ0n) is 8.53. The van der Waals surface area contributed by atoms with Crippen molar-refractivity contribution in [3.05, 3.63) is 11.6 Å². The quantitative estimate of drug-likeness (QED) is 0.772. The number of aromatic nitrogens is 3. The van der Waals surface area contributed by atoms with Crippen LogP contribution >= 0.6 is 0 Å². The Labute approximate surface area is 83.7 Å². The van der Waals surface area contributed by atoms with E-state index in [9.17, 15) is 0 Å². The van der Waals surface area contributed by atoms with E-state index in [1.165, 1.54) is 25.7 Å². The molecule has 0 aliphatic heterocycles. The highest BCUT2D eigenvalue weighted by atomic mass is 15.3. The molecule has 1 aromatic rings. The van der Waals surface area contributed by atoms with E-state index in [4.69, 9.17) is 0 Å². The molecule has 14 heavy (non-hydrogen) atoms. The van der Waals surface area contributed by atoms with Crippen LogP contribution in [0, 0.1) is 0 Å². The summed E-state index contributed by atoms with van der Waals surface area (Å²) in [4.78, 5) is 4.56. The summed E-state index contributed by atoms with van der Waals surface area (Å²) in [6, 6.07) is 0.746. The fourth-order valence-electron chi connectivity index (χ4n) is 1.63. The first-order chi connectivity index (χ1) is 6.83. The third-order valence-electron chi connectivity index (χ3n) is 2.94. The Morgan fingerprint density at radius 2 is 2.14 bits per heavy atom. The van der Waals surface area contributed by atoms with E-state index < -0.39 is 0 Å². The first-order valence-electron chi connectivity index (χ1n) is 5.46. The second kappa shape index (κ2) is 3.05. The molecular weight excluding hydrogens is 176 g/mol. The molecule has 0 radical (unpaired) electrons. The Balaban J connectivity index is 1.68. The number of rotatable bonds is 4. The Bertz CT molecular complexity index is 336. The van der Waals surface area contributed by atoms with Gasteiger partial charge in [0.25, 0.3) is 0 Å². The second-order valence-corrected chi connectivity index (χ2v) is 4.44. The van der Waals surface area contributed by atoms with E-state index in [2.05, 4.69) is 15.4 Å². The van der Waals surface area contributed by atoms with Gasteiger partial charge in [-0.05, 0) is 25.7 Å². The SMILES string of the molecule is Cn1nc(C2CC2)nc1CNC1CC1. The Morgan fingerprint density at radius 3 is 2.79 bits per heavy atom. The number of aryl methyl sites for hydroxylation is 1. The van der Waals surface area contributed by atoms with Crippen molar-refractivity contribution in [2.24, 2.45) is 7.05 Å². The topological polar surface area (TPSA) is 42.7 Å². The smallest absolute Gasteiger partial charge is 0.154 e. The van der Waals surface area contributed by atoms with E-state index in [0.717, 1.165) is 24.2 Å². The van der Waals surface area contributed by atoms with Gasteiger partial charge in [0.05, 0.1) is 6.54 Å². The maximum Gasteiger partial charge on any atom is 0.154 e. The molecule has 0 amide bonds. The van der Waals surface area contributed by atoms with Crippen LogP contribution in [0.5, 0.6) is 0 Å². The Hall–Kier alpha value is -0.900. The van der Waals surface area contributed by atoms with Gasteiger partial charge in [0.1, 0.15) is 5.82 Å². The highest BCUT2D eigenvalue weighted by Gasteiger charge is 2.28. The van der Waals surface area contributed by atoms with Gasteiger partial charge in [-0.25, -0.2) is 4.98 Å². The van der Waals surface area contributed by atoms with Gasteiger partial charge >= 0.3 is 0 Å². The van der Waals surface area contributed by atoms with Crippen molar-refractivity contribution < 1.29 is 0 Å². The molecule has 0 bridgehead atoms. The van der Waals surface area contributed by atoms with Gasteiger partial charge in [-0.1, -0.05) is 0 Å². The van der Waals surface area contributed by atoms with Gasteiger partial charge < -0.3 is 5.32 Å². The maximum atomic E-state index is 4.56. The van der Waals surface area contributed by atoms with Crippen LogP contribution in [0.2, 0.25) is 0 Å². The van der Waals surface area contributed by atoms with Crippen molar-refractivity contribution in [3.63, 3.8) is 0 Å². The molecule has 1 aromatic heterocycles. The summed E-state index contributed by atoms with van der Waals surface area (Å²) in [5, 5.41) is 7.90. The van der Waals surface area contributed by atoms with Gasteiger partial charge in [-0.15, -0.1) is 0 Å². The van der Waals surface area contributed by atoms with Crippen LogP contribution in [0.15, 0.2) is 0 Å². The van der Waals surface area contributed by atoms with Crippen LogP contribution in [0.3, 0.4) is 0 Å². The first kappa shape index (κ1) is 8.41. The van der Waals surface area contributed by atoms with Gasteiger partial charge in [-0.3, -0.25) is 4.68 Å². The molecule has 76 valence electrons. The van der Waals surface area contributed by atoms with E-state index >= 15 is 0 Å². The van der Waals surface area contributed by atoms with Gasteiger partial charge in [0.15, 0.2) is 5.82 Å². The van der Waals surface area contributed by atoms with Crippen LogP contribution in [0.4, 0.5) is 0 Å². The summed E-state index contributed by atoms with van der Waals surface area (Å²) in [5.74, 6) is 2.80. The van der Waals surface area contributed by atoms with E-state index in [1.54, 1.807) is 0 Å². The number of nitrogens with one attached hydrogen (secondary N) is 1. The molecule has 0 unspecified atom stereocenters. The molecule has 3 rings (SSSR count). The van der Waals surface area contributed by atoms with Crippen molar-refractivity contribution in [1.82, 2.24) is 20.1 Å². The van der Waals surface area contributed by atoms with Crippen molar-refractivity contribution in [2.75, 3.05) is 0 Å². The standard InChI is InChI=1S/C10H16N4/c1-14-9(6-11-8-4-5-8)12-10(13-14)7-2-3-7/h7-8,11H,2-6H2,1H3. The highest BCUT2D eigenvalue weighted by Crippen LogP contribution is 2.37. The predicted octanol–water partition coefficient (Wildman–Crippen LogP) is 0.944. The van der Waals surface area contributed by atoms with Crippen molar-refractivity contribution in [2.45, 2.75) is 44.2 Å². The highest BCUT2D eigenvalue weighted by molar-refractivity contribution is 5.06. The van der Waals surface area contributed by atoms with Crippen LogP contribution in [-0.4, -0.2) is 20.8 Å². The maximum absolute atomic E-state index is 4.56. The summed E-state index contributed by atoms with van der Waals surface area (Å²) in [5.41, 5.74) is 0. The lowest BCUT2D eigenvalue weighted by Crippen LogP contribution is -2.18. The number of nitrogens with zero attached hydrogens (tertiary/aromatic N) is 3. The zero-order chi connectivity index (χ0) is 9.54. The molecule has 2 saturated carbocycles. The first-order valence-corrected chi connectivity index (χ1v) is 5.46. The van der Waals surface area contributed by atoms with Crippen molar-refractivity contribution in [1.29, 1.82) is 0 Å². The summed E-state index contributed by atoms with van der Waals surface area (Å²) in [6.45, 7) is 0.876. The van der Waals surface area contributed by atoms with Gasteiger partial charge in [0.2, 0.25) is 0 Å². The molecule has 0 spiro atoms. The average molecular weight is 192 g/mol. The lowest BCUT2D eigenvalue weighted by Gasteiger charge is -2.00. The zero-order valence-corrected chi connectivity index (χ0v) is 8.53. The predicted molar refractivity (Wildman–Crippen MR) is 52.8 cm³/mol. The van der Waals surface area contributed by atoms with Crippen LogP contribution < -0.4 is 5.32 Å². The molecule has 4 heteroatoms. The van der Waals surface area contributed by atoms with Crippen molar-refractivity contribution in [3.8, 4) is 0 Å². The Kier molecular flexibility index (Phi) is 1.83. The normalized spacial score (nSPS) is 21.5. The molecule has 2 fully saturated rings. The minimum atomic E-state index is 0.663. The van der Waals surface area contributed by atoms with Crippen LogP contribution in [0.25, 0.3) is 0 Å². The fourth-order valence-corrected chi connectivity index (χ4v) is 1.63. The summed E-state index contributed by atoms with van der Waals surface area (Å²) in [6.07, 6.45) is 5.21. The summed E-state index contributed by atoms with van der Waals surface area (Å²) >= 11 is 0. The molecule has 0 aromatic carbocycles. The average Bonchev–Trinajstić information content (AvgIpc) is 3.03. The number of hydrogen-bond donors (Lipinski definition) is 1. The molecule has 1 heterocycles. The monoisotopic (exact) mass is 192 g/mol. The molecule has 1 N–H and O–H groups in total. The summed E-state index contributed by atoms with van der Waals surface area (Å²) in [7, 11) is 1.99. The van der Waals surface area contributed by atoms with Crippen LogP contribution in [0.1, 0.15) is 43.3 Å². The van der Waals surface area contributed by atoms with E-state index in [-0.39, 0.29) is 0 Å². The van der Waals surface area contributed by atoms with Gasteiger partial charge in [-0.2, -0.15) is 5.10 Å². The van der Waals surface area contributed by atoms with E-state index in [1.807, 2.05) is 11.7 Å². The lowest BCUT2D eigenvalue weighted by atomic mass is 10.4. The lowest BCUT2D eigenvalue weighted by molar-refractivity contribution is 0.611. The van der Waals surface area contributed by atoms with Crippen LogP contribution in [-0.2, 0) is 13.6 Å². The molecule has 0 atom stereocenters. The fraction of sp³-hybridized carbons (Fsp3) is 0.800. The Morgan fingerprint density at radius 1 is 1.36 bits per heavy atom. The second-order valence-electron chi connectivity index (χ2n) is 4.44. The minimum Gasteiger partial charge on any atom is -0.307 e. The number of hydrogen-bond acceptors (Lipinski definition) is 3. The largest absolute Gasteiger partial charge is 0.307 e. The molecule has 2 aliphatic rings. The van der Waals surface area contributed by atoms with Gasteiger partial charge in [0, 0.05) is 19.0 Å². The third-order valence-corrected chi connectivity index (χ3v) is 2.94. The molecule has 4 nitrogen and oxygen atoms in total.